The Labute approximate surface area is 135 Å². The van der Waals surface area contributed by atoms with Crippen molar-refractivity contribution in [2.75, 3.05) is 13.6 Å². The van der Waals surface area contributed by atoms with Crippen molar-refractivity contribution in [3.05, 3.63) is 48.3 Å². The van der Waals surface area contributed by atoms with E-state index in [0.717, 1.165) is 18.5 Å². The highest BCUT2D eigenvalue weighted by atomic mass is 16.2. The van der Waals surface area contributed by atoms with E-state index in [-0.39, 0.29) is 17.9 Å². The first-order valence-corrected chi connectivity index (χ1v) is 7.83. The van der Waals surface area contributed by atoms with Crippen molar-refractivity contribution < 1.29 is 9.59 Å². The molecule has 2 amide bonds. The molecule has 2 aromatic rings. The van der Waals surface area contributed by atoms with Crippen LogP contribution in [0.1, 0.15) is 29.6 Å². The van der Waals surface area contributed by atoms with Gasteiger partial charge in [0.1, 0.15) is 6.04 Å². The maximum absolute atomic E-state index is 12.8. The quantitative estimate of drug-likeness (QED) is 0.936. The predicted octanol–water partition coefficient (Wildman–Crippen LogP) is 1.61. The zero-order chi connectivity index (χ0) is 16.2. The van der Waals surface area contributed by atoms with Crippen LogP contribution in [0.2, 0.25) is 0 Å². The molecule has 1 aliphatic rings. The number of benzene rings is 1. The number of rotatable bonds is 3. The molecule has 1 fully saturated rings. The molecule has 1 N–H and O–H groups in total. The van der Waals surface area contributed by atoms with Gasteiger partial charge < -0.3 is 10.2 Å². The van der Waals surface area contributed by atoms with Crippen LogP contribution in [0.4, 0.5) is 0 Å². The van der Waals surface area contributed by atoms with Gasteiger partial charge in [0.05, 0.1) is 17.4 Å². The minimum atomic E-state index is -0.388. The molecule has 0 aliphatic carbocycles. The van der Waals surface area contributed by atoms with Crippen LogP contribution in [-0.4, -0.2) is 46.1 Å². The van der Waals surface area contributed by atoms with E-state index in [2.05, 4.69) is 10.4 Å². The number of likely N-dealkylation sites (N-methyl/N-ethyl adjacent to an activating group) is 1. The summed E-state index contributed by atoms with van der Waals surface area (Å²) in [6.07, 6.45) is 5.87. The van der Waals surface area contributed by atoms with E-state index in [1.54, 1.807) is 29.0 Å². The summed E-state index contributed by atoms with van der Waals surface area (Å²) >= 11 is 0. The second kappa shape index (κ2) is 6.64. The fourth-order valence-corrected chi connectivity index (χ4v) is 2.93. The molecular formula is C17H20N4O2. The number of piperidine rings is 1. The monoisotopic (exact) mass is 312 g/mol. The summed E-state index contributed by atoms with van der Waals surface area (Å²) in [5.41, 5.74) is 1.40. The van der Waals surface area contributed by atoms with Gasteiger partial charge in [-0.1, -0.05) is 18.2 Å². The van der Waals surface area contributed by atoms with Crippen LogP contribution in [0.25, 0.3) is 5.69 Å². The fourth-order valence-electron chi connectivity index (χ4n) is 2.93. The van der Waals surface area contributed by atoms with Gasteiger partial charge in [0.2, 0.25) is 5.91 Å². The Morgan fingerprint density at radius 3 is 2.74 bits per heavy atom. The van der Waals surface area contributed by atoms with Crippen LogP contribution >= 0.6 is 0 Å². The summed E-state index contributed by atoms with van der Waals surface area (Å²) in [6.45, 7) is 0.605. The Balaban J connectivity index is 1.82. The zero-order valence-corrected chi connectivity index (χ0v) is 13.1. The van der Waals surface area contributed by atoms with Crippen molar-refractivity contribution in [2.45, 2.75) is 25.3 Å². The van der Waals surface area contributed by atoms with Gasteiger partial charge in [-0.2, -0.15) is 5.10 Å². The molecule has 1 saturated heterocycles. The van der Waals surface area contributed by atoms with Crippen LogP contribution in [0, 0.1) is 0 Å². The second-order valence-corrected chi connectivity index (χ2v) is 5.63. The molecule has 2 heterocycles. The van der Waals surface area contributed by atoms with Crippen LogP contribution in [0.15, 0.2) is 42.7 Å². The van der Waals surface area contributed by atoms with E-state index in [4.69, 9.17) is 0 Å². The lowest BCUT2D eigenvalue weighted by molar-refractivity contribution is -0.126. The molecule has 0 saturated carbocycles. The molecule has 120 valence electrons. The number of amides is 2. The lowest BCUT2D eigenvalue weighted by Gasteiger charge is -2.34. The molecule has 1 unspecified atom stereocenters. The average molecular weight is 312 g/mol. The van der Waals surface area contributed by atoms with E-state index in [0.29, 0.717) is 18.5 Å². The van der Waals surface area contributed by atoms with Gasteiger partial charge in [-0.25, -0.2) is 4.68 Å². The number of likely N-dealkylation sites (tertiary alicyclic amines) is 1. The van der Waals surface area contributed by atoms with Crippen molar-refractivity contribution in [1.29, 1.82) is 0 Å². The Hall–Kier alpha value is -2.63. The Morgan fingerprint density at radius 1 is 1.22 bits per heavy atom. The standard InChI is InChI=1S/C17H20N4O2/c1-18-16(22)15-9-5-6-10-20(15)17(23)13-11-19-21(12-13)14-7-3-2-4-8-14/h2-4,7-8,11-12,15H,5-6,9-10H2,1H3,(H,18,22). The molecule has 6 nitrogen and oxygen atoms in total. The third kappa shape index (κ3) is 3.11. The van der Waals surface area contributed by atoms with E-state index in [1.165, 1.54) is 0 Å². The Kier molecular flexibility index (Phi) is 4.41. The van der Waals surface area contributed by atoms with Crippen molar-refractivity contribution in [3.63, 3.8) is 0 Å². The van der Waals surface area contributed by atoms with Crippen LogP contribution in [0.5, 0.6) is 0 Å². The van der Waals surface area contributed by atoms with E-state index >= 15 is 0 Å². The molecule has 6 heteroatoms. The molecular weight excluding hydrogens is 292 g/mol. The number of para-hydroxylation sites is 1. The summed E-state index contributed by atoms with van der Waals surface area (Å²) in [6, 6.07) is 9.24. The highest BCUT2D eigenvalue weighted by Gasteiger charge is 2.32. The fraction of sp³-hybridized carbons (Fsp3) is 0.353. The highest BCUT2D eigenvalue weighted by Crippen LogP contribution is 2.20. The molecule has 0 bridgehead atoms. The summed E-state index contributed by atoms with van der Waals surface area (Å²) in [7, 11) is 1.60. The van der Waals surface area contributed by atoms with Crippen molar-refractivity contribution in [1.82, 2.24) is 20.0 Å². The number of hydrogen-bond donors (Lipinski definition) is 1. The summed E-state index contributed by atoms with van der Waals surface area (Å²) in [5.74, 6) is -0.242. The Bertz CT molecular complexity index is 696. The van der Waals surface area contributed by atoms with Crippen LogP contribution in [0.3, 0.4) is 0 Å². The molecule has 0 radical (unpaired) electrons. The minimum Gasteiger partial charge on any atom is -0.357 e. The predicted molar refractivity (Wildman–Crippen MR) is 86.3 cm³/mol. The first kappa shape index (κ1) is 15.3. The summed E-state index contributed by atoms with van der Waals surface area (Å²) in [5, 5.41) is 6.91. The molecule has 23 heavy (non-hydrogen) atoms. The molecule has 0 spiro atoms. The number of aromatic nitrogens is 2. The first-order valence-electron chi connectivity index (χ1n) is 7.83. The van der Waals surface area contributed by atoms with Gasteiger partial charge in [-0.15, -0.1) is 0 Å². The third-order valence-corrected chi connectivity index (χ3v) is 4.16. The van der Waals surface area contributed by atoms with Gasteiger partial charge in [0.25, 0.3) is 5.91 Å². The molecule has 3 rings (SSSR count). The van der Waals surface area contributed by atoms with Crippen LogP contribution < -0.4 is 5.32 Å². The summed E-state index contributed by atoms with van der Waals surface area (Å²) in [4.78, 5) is 26.4. The first-order chi connectivity index (χ1) is 11.2. The molecule has 1 aromatic heterocycles. The number of carbonyl (C=O) groups excluding carboxylic acids is 2. The van der Waals surface area contributed by atoms with Gasteiger partial charge in [-0.05, 0) is 31.4 Å². The normalized spacial score (nSPS) is 17.8. The van der Waals surface area contributed by atoms with Gasteiger partial charge in [0, 0.05) is 19.8 Å². The average Bonchev–Trinajstić information content (AvgIpc) is 3.11. The van der Waals surface area contributed by atoms with Crippen molar-refractivity contribution in [2.24, 2.45) is 0 Å². The van der Waals surface area contributed by atoms with Crippen LogP contribution in [-0.2, 0) is 4.79 Å². The number of nitrogens with zero attached hydrogens (tertiary/aromatic N) is 3. The third-order valence-electron chi connectivity index (χ3n) is 4.16. The largest absolute Gasteiger partial charge is 0.357 e. The van der Waals surface area contributed by atoms with Gasteiger partial charge >= 0.3 is 0 Å². The number of hydrogen-bond acceptors (Lipinski definition) is 3. The van der Waals surface area contributed by atoms with Gasteiger partial charge in [-0.3, -0.25) is 9.59 Å². The SMILES string of the molecule is CNC(=O)C1CCCCN1C(=O)c1cnn(-c2ccccc2)c1. The van der Waals surface area contributed by atoms with E-state index in [1.807, 2.05) is 30.3 Å². The van der Waals surface area contributed by atoms with E-state index < -0.39 is 0 Å². The molecule has 1 atom stereocenters. The molecule has 1 aromatic carbocycles. The second-order valence-electron chi connectivity index (χ2n) is 5.63. The number of carbonyl (C=O) groups is 2. The lowest BCUT2D eigenvalue weighted by atomic mass is 10.0. The van der Waals surface area contributed by atoms with Crippen molar-refractivity contribution in [3.8, 4) is 5.69 Å². The highest BCUT2D eigenvalue weighted by molar-refractivity contribution is 5.97. The summed E-state index contributed by atoms with van der Waals surface area (Å²) < 4.78 is 1.67. The lowest BCUT2D eigenvalue weighted by Crippen LogP contribution is -2.51. The van der Waals surface area contributed by atoms with Gasteiger partial charge in [0.15, 0.2) is 0 Å². The van der Waals surface area contributed by atoms with Crippen molar-refractivity contribution >= 4 is 11.8 Å². The van der Waals surface area contributed by atoms with E-state index in [9.17, 15) is 9.59 Å². The maximum Gasteiger partial charge on any atom is 0.257 e. The number of nitrogens with one attached hydrogen (secondary N) is 1. The zero-order valence-electron chi connectivity index (χ0n) is 13.1. The topological polar surface area (TPSA) is 67.2 Å². The Morgan fingerprint density at radius 2 is 2.00 bits per heavy atom. The molecule has 1 aliphatic heterocycles. The smallest absolute Gasteiger partial charge is 0.257 e. The minimum absolute atomic E-state index is 0.103. The maximum atomic E-state index is 12.8.